The summed E-state index contributed by atoms with van der Waals surface area (Å²) in [4.78, 5) is 30.1. The predicted molar refractivity (Wildman–Crippen MR) is 185 cm³/mol. The molecule has 4 rings (SSSR count). The third-order valence-electron chi connectivity index (χ3n) is 8.18. The number of nitrogens with zero attached hydrogens (tertiary/aromatic N) is 2. The second kappa shape index (κ2) is 15.4. The average Bonchev–Trinajstić information content (AvgIpc) is 3.03. The zero-order valence-electron chi connectivity index (χ0n) is 27.0. The highest BCUT2D eigenvalue weighted by atomic mass is 35.5. The molecule has 0 heterocycles. The summed E-state index contributed by atoms with van der Waals surface area (Å²) >= 11 is 6.33. The molecule has 4 aromatic rings. The lowest BCUT2D eigenvalue weighted by Gasteiger charge is -2.34. The summed E-state index contributed by atoms with van der Waals surface area (Å²) < 4.78 is 29.6. The fourth-order valence-electron chi connectivity index (χ4n) is 5.07. The third kappa shape index (κ3) is 8.77. The molecule has 0 aliphatic heterocycles. The Bertz CT molecular complexity index is 1760. The number of hydrogen-bond acceptors (Lipinski definition) is 4. The SMILES string of the molecule is CC[C@@H](C)NC(=O)[C@H](Cc1ccccc1)N(Cc1cccc(Cl)c1)C(=O)CN(c1ccc(C)c(C)c1)S(=O)(=O)c1ccc(C)cc1. The van der Waals surface area contributed by atoms with Crippen molar-refractivity contribution in [3.8, 4) is 0 Å². The van der Waals surface area contributed by atoms with E-state index in [-0.39, 0.29) is 29.8 Å². The van der Waals surface area contributed by atoms with E-state index >= 15 is 0 Å². The van der Waals surface area contributed by atoms with Gasteiger partial charge in [0.25, 0.3) is 10.0 Å². The van der Waals surface area contributed by atoms with E-state index in [0.717, 1.165) is 32.1 Å². The van der Waals surface area contributed by atoms with Gasteiger partial charge in [0.2, 0.25) is 11.8 Å². The van der Waals surface area contributed by atoms with E-state index in [0.29, 0.717) is 17.1 Å². The molecule has 0 aromatic heterocycles. The van der Waals surface area contributed by atoms with E-state index in [9.17, 15) is 18.0 Å². The molecule has 0 fully saturated rings. The van der Waals surface area contributed by atoms with E-state index in [4.69, 9.17) is 11.6 Å². The molecule has 7 nitrogen and oxygen atoms in total. The van der Waals surface area contributed by atoms with Gasteiger partial charge >= 0.3 is 0 Å². The van der Waals surface area contributed by atoms with Crippen molar-refractivity contribution in [1.29, 1.82) is 0 Å². The first-order chi connectivity index (χ1) is 21.9. The Kier molecular flexibility index (Phi) is 11.7. The molecule has 1 N–H and O–H groups in total. The van der Waals surface area contributed by atoms with Crippen LogP contribution in [0.25, 0.3) is 0 Å². The van der Waals surface area contributed by atoms with Crippen LogP contribution >= 0.6 is 11.6 Å². The van der Waals surface area contributed by atoms with Gasteiger partial charge in [-0.3, -0.25) is 13.9 Å². The molecule has 2 atom stereocenters. The van der Waals surface area contributed by atoms with Crippen LogP contribution < -0.4 is 9.62 Å². The summed E-state index contributed by atoms with van der Waals surface area (Å²) in [6, 6.07) is 27.4. The zero-order chi connectivity index (χ0) is 33.4. The van der Waals surface area contributed by atoms with Crippen molar-refractivity contribution in [3.05, 3.63) is 130 Å². The maximum absolute atomic E-state index is 14.6. The summed E-state index contributed by atoms with van der Waals surface area (Å²) in [5.74, 6) is -0.832. The molecule has 0 aliphatic rings. The molecular formula is C37H42ClN3O4S. The van der Waals surface area contributed by atoms with Crippen molar-refractivity contribution in [1.82, 2.24) is 10.2 Å². The van der Waals surface area contributed by atoms with Crippen molar-refractivity contribution >= 4 is 39.1 Å². The summed E-state index contributed by atoms with van der Waals surface area (Å²) in [6.07, 6.45) is 0.950. The van der Waals surface area contributed by atoms with Gasteiger partial charge in [-0.1, -0.05) is 84.8 Å². The van der Waals surface area contributed by atoms with Gasteiger partial charge in [0.15, 0.2) is 0 Å². The van der Waals surface area contributed by atoms with Crippen molar-refractivity contribution in [3.63, 3.8) is 0 Å². The van der Waals surface area contributed by atoms with Crippen LogP contribution in [0.2, 0.25) is 5.02 Å². The van der Waals surface area contributed by atoms with E-state index in [1.165, 1.54) is 4.90 Å². The smallest absolute Gasteiger partial charge is 0.264 e. The summed E-state index contributed by atoms with van der Waals surface area (Å²) in [7, 11) is -4.17. The van der Waals surface area contributed by atoms with Crippen LogP contribution in [-0.2, 0) is 32.6 Å². The first-order valence-electron chi connectivity index (χ1n) is 15.4. The standard InChI is InChI=1S/C37H42ClN3O4S/c1-6-29(5)39-37(43)35(23-30-11-8-7-9-12-30)40(24-31-13-10-14-32(38)22-31)36(42)25-41(33-18-17-27(3)28(4)21-33)46(44,45)34-19-15-26(2)16-20-34/h7-22,29,35H,6,23-25H2,1-5H3,(H,39,43)/t29-,35+/m1/s1. The van der Waals surface area contributed by atoms with Crippen LogP contribution in [0.15, 0.2) is 102 Å². The number of hydrogen-bond donors (Lipinski definition) is 1. The first kappa shape index (κ1) is 34.7. The summed E-state index contributed by atoms with van der Waals surface area (Å²) in [5.41, 5.74) is 4.75. The molecule has 0 saturated heterocycles. The van der Waals surface area contributed by atoms with Gasteiger partial charge in [-0.2, -0.15) is 0 Å². The Balaban J connectivity index is 1.83. The van der Waals surface area contributed by atoms with Gasteiger partial charge in [0.05, 0.1) is 10.6 Å². The maximum Gasteiger partial charge on any atom is 0.264 e. The molecule has 242 valence electrons. The molecule has 0 spiro atoms. The highest BCUT2D eigenvalue weighted by molar-refractivity contribution is 7.92. The Morgan fingerprint density at radius 3 is 2.13 bits per heavy atom. The molecule has 9 heteroatoms. The van der Waals surface area contributed by atoms with Crippen molar-refractivity contribution in [2.75, 3.05) is 10.8 Å². The Labute approximate surface area is 278 Å². The van der Waals surface area contributed by atoms with E-state index < -0.39 is 28.5 Å². The Morgan fingerprint density at radius 2 is 1.50 bits per heavy atom. The summed E-state index contributed by atoms with van der Waals surface area (Å²) in [5, 5.41) is 3.54. The zero-order valence-corrected chi connectivity index (χ0v) is 28.6. The average molecular weight is 660 g/mol. The lowest BCUT2D eigenvalue weighted by Crippen LogP contribution is -2.54. The molecule has 4 aromatic carbocycles. The fraction of sp³-hybridized carbons (Fsp3) is 0.297. The number of anilines is 1. The molecule has 0 unspecified atom stereocenters. The Morgan fingerprint density at radius 1 is 0.826 bits per heavy atom. The molecule has 46 heavy (non-hydrogen) atoms. The van der Waals surface area contributed by atoms with Crippen LogP contribution in [-0.4, -0.2) is 43.8 Å². The third-order valence-corrected chi connectivity index (χ3v) is 10.2. The van der Waals surface area contributed by atoms with Gasteiger partial charge in [-0.05, 0) is 92.8 Å². The number of carbonyl (C=O) groups excluding carboxylic acids is 2. The molecule has 0 saturated carbocycles. The summed E-state index contributed by atoms with van der Waals surface area (Å²) in [6.45, 7) is 9.15. The number of aryl methyl sites for hydroxylation is 3. The predicted octanol–water partition coefficient (Wildman–Crippen LogP) is 7.02. The number of halogens is 1. The van der Waals surface area contributed by atoms with Gasteiger partial charge < -0.3 is 10.2 Å². The minimum Gasteiger partial charge on any atom is -0.352 e. The maximum atomic E-state index is 14.6. The van der Waals surface area contributed by atoms with Gasteiger partial charge in [0, 0.05) is 24.0 Å². The van der Waals surface area contributed by atoms with Gasteiger partial charge in [-0.25, -0.2) is 8.42 Å². The molecular weight excluding hydrogens is 618 g/mol. The lowest BCUT2D eigenvalue weighted by molar-refractivity contribution is -0.140. The van der Waals surface area contributed by atoms with Crippen LogP contribution in [0, 0.1) is 20.8 Å². The number of amides is 2. The second-order valence-corrected chi connectivity index (χ2v) is 14.1. The van der Waals surface area contributed by atoms with Crippen molar-refractivity contribution in [2.24, 2.45) is 0 Å². The van der Waals surface area contributed by atoms with E-state index in [1.807, 2.05) is 77.1 Å². The van der Waals surface area contributed by atoms with Gasteiger partial charge in [-0.15, -0.1) is 0 Å². The van der Waals surface area contributed by atoms with Crippen LogP contribution in [0.3, 0.4) is 0 Å². The van der Waals surface area contributed by atoms with Crippen LogP contribution in [0.4, 0.5) is 5.69 Å². The number of carbonyl (C=O) groups is 2. The molecule has 0 aliphatic carbocycles. The largest absolute Gasteiger partial charge is 0.352 e. The Hall–Kier alpha value is -4.14. The highest BCUT2D eigenvalue weighted by Gasteiger charge is 2.35. The number of rotatable bonds is 13. The van der Waals surface area contributed by atoms with Crippen molar-refractivity contribution in [2.45, 2.75) is 71.0 Å². The van der Waals surface area contributed by atoms with Crippen LogP contribution in [0.1, 0.15) is 48.1 Å². The molecule has 0 radical (unpaired) electrons. The number of sulfonamides is 1. The first-order valence-corrected chi connectivity index (χ1v) is 17.3. The van der Waals surface area contributed by atoms with E-state index in [2.05, 4.69) is 5.32 Å². The molecule has 2 amide bonds. The highest BCUT2D eigenvalue weighted by Crippen LogP contribution is 2.27. The molecule has 0 bridgehead atoms. The topological polar surface area (TPSA) is 86.8 Å². The van der Waals surface area contributed by atoms with Crippen molar-refractivity contribution < 1.29 is 18.0 Å². The number of nitrogens with one attached hydrogen (secondary N) is 1. The fourth-order valence-corrected chi connectivity index (χ4v) is 6.69. The monoisotopic (exact) mass is 659 g/mol. The minimum atomic E-state index is -4.17. The quantitative estimate of drug-likeness (QED) is 0.167. The van der Waals surface area contributed by atoms with Gasteiger partial charge in [0.1, 0.15) is 12.6 Å². The van der Waals surface area contributed by atoms with Crippen LogP contribution in [0.5, 0.6) is 0 Å². The lowest BCUT2D eigenvalue weighted by atomic mass is 10.0. The number of benzene rings is 4. The van der Waals surface area contributed by atoms with E-state index in [1.54, 1.807) is 54.6 Å². The second-order valence-electron chi connectivity index (χ2n) is 11.8. The minimum absolute atomic E-state index is 0.0518. The normalized spacial score (nSPS) is 12.7.